The molecule has 0 spiro atoms. The van der Waals surface area contributed by atoms with Gasteiger partial charge in [-0.2, -0.15) is 0 Å². The highest BCUT2D eigenvalue weighted by Crippen LogP contribution is 2.17. The molecule has 19 heavy (non-hydrogen) atoms. The summed E-state index contributed by atoms with van der Waals surface area (Å²) < 4.78 is 10.8. The Balaban J connectivity index is 2.70. The number of hydrogen-bond acceptors (Lipinski definition) is 4. The lowest BCUT2D eigenvalue weighted by atomic mass is 10.0. The fourth-order valence-electron chi connectivity index (χ4n) is 1.88. The number of morpholine rings is 1. The Morgan fingerprint density at radius 2 is 2.26 bits per heavy atom. The fourth-order valence-corrected chi connectivity index (χ4v) is 1.88. The predicted octanol–water partition coefficient (Wildman–Crippen LogP) is 1.36. The first-order valence-corrected chi connectivity index (χ1v) is 6.57. The van der Waals surface area contributed by atoms with Gasteiger partial charge in [-0.05, 0) is 27.7 Å². The van der Waals surface area contributed by atoms with Crippen LogP contribution in [0.1, 0.15) is 34.1 Å². The van der Waals surface area contributed by atoms with Crippen molar-refractivity contribution in [3.8, 4) is 11.8 Å². The third-order valence-electron chi connectivity index (χ3n) is 2.80. The van der Waals surface area contributed by atoms with Gasteiger partial charge in [0.15, 0.2) is 0 Å². The zero-order valence-electron chi connectivity index (χ0n) is 12.2. The summed E-state index contributed by atoms with van der Waals surface area (Å²) >= 11 is 0. The van der Waals surface area contributed by atoms with Crippen LogP contribution in [0.2, 0.25) is 0 Å². The van der Waals surface area contributed by atoms with Gasteiger partial charge in [0.2, 0.25) is 0 Å². The summed E-state index contributed by atoms with van der Waals surface area (Å²) in [4.78, 5) is 13.8. The molecule has 5 nitrogen and oxygen atoms in total. The smallest absolute Gasteiger partial charge is 0.410 e. The van der Waals surface area contributed by atoms with Crippen LogP contribution in [0.3, 0.4) is 0 Å². The summed E-state index contributed by atoms with van der Waals surface area (Å²) in [6.07, 6.45) is 0.213. The Kier molecular flexibility index (Phi) is 5.64. The summed E-state index contributed by atoms with van der Waals surface area (Å²) in [5.41, 5.74) is 5.59. The van der Waals surface area contributed by atoms with E-state index in [1.54, 1.807) is 11.8 Å². The van der Waals surface area contributed by atoms with Crippen molar-refractivity contribution >= 4 is 6.09 Å². The molecule has 0 aromatic rings. The zero-order valence-corrected chi connectivity index (χ0v) is 12.2. The SMILES string of the molecule is CC#CCC(N)C1COCCN1C(=O)OC(C)(C)C. The van der Waals surface area contributed by atoms with Gasteiger partial charge in [0.05, 0.1) is 19.3 Å². The number of ether oxygens (including phenoxy) is 2. The molecule has 0 aliphatic carbocycles. The van der Waals surface area contributed by atoms with E-state index in [0.29, 0.717) is 26.2 Å². The van der Waals surface area contributed by atoms with Gasteiger partial charge in [-0.25, -0.2) is 4.79 Å². The number of carbonyl (C=O) groups is 1. The maximum atomic E-state index is 12.2. The minimum atomic E-state index is -0.507. The van der Waals surface area contributed by atoms with Crippen molar-refractivity contribution in [1.82, 2.24) is 4.90 Å². The van der Waals surface area contributed by atoms with Crippen LogP contribution < -0.4 is 5.73 Å². The minimum Gasteiger partial charge on any atom is -0.444 e. The highest BCUT2D eigenvalue weighted by atomic mass is 16.6. The van der Waals surface area contributed by atoms with Gasteiger partial charge >= 0.3 is 6.09 Å². The van der Waals surface area contributed by atoms with E-state index in [1.807, 2.05) is 20.8 Å². The molecule has 0 radical (unpaired) electrons. The van der Waals surface area contributed by atoms with E-state index in [1.165, 1.54) is 0 Å². The van der Waals surface area contributed by atoms with Gasteiger partial charge in [0, 0.05) is 19.0 Å². The van der Waals surface area contributed by atoms with Gasteiger partial charge in [0.25, 0.3) is 0 Å². The maximum absolute atomic E-state index is 12.2. The van der Waals surface area contributed by atoms with Gasteiger partial charge in [-0.1, -0.05) is 0 Å². The molecule has 0 aromatic carbocycles. The van der Waals surface area contributed by atoms with Crippen LogP contribution in [-0.2, 0) is 9.47 Å². The standard InChI is InChI=1S/C14H24N2O3/c1-5-6-7-11(15)12-10-18-9-8-16(12)13(17)19-14(2,3)4/h11-12H,7-10,15H2,1-4H3. The largest absolute Gasteiger partial charge is 0.444 e. The van der Waals surface area contributed by atoms with Crippen molar-refractivity contribution in [3.05, 3.63) is 0 Å². The molecule has 2 N–H and O–H groups in total. The summed E-state index contributed by atoms with van der Waals surface area (Å²) in [7, 11) is 0. The van der Waals surface area contributed by atoms with Gasteiger partial charge in [-0.15, -0.1) is 11.8 Å². The summed E-state index contributed by atoms with van der Waals surface area (Å²) in [5.74, 6) is 5.76. The van der Waals surface area contributed by atoms with Crippen LogP contribution in [0.25, 0.3) is 0 Å². The molecule has 1 fully saturated rings. The zero-order chi connectivity index (χ0) is 14.5. The number of amides is 1. The van der Waals surface area contributed by atoms with E-state index in [-0.39, 0.29) is 18.2 Å². The molecule has 108 valence electrons. The minimum absolute atomic E-state index is 0.176. The molecule has 1 heterocycles. The average Bonchev–Trinajstić information content (AvgIpc) is 2.34. The van der Waals surface area contributed by atoms with E-state index in [0.717, 1.165) is 0 Å². The lowest BCUT2D eigenvalue weighted by Gasteiger charge is -2.38. The summed E-state index contributed by atoms with van der Waals surface area (Å²) in [6.45, 7) is 8.78. The average molecular weight is 268 g/mol. The molecule has 5 heteroatoms. The number of nitrogens with two attached hydrogens (primary N) is 1. The first-order chi connectivity index (χ1) is 8.85. The van der Waals surface area contributed by atoms with E-state index in [9.17, 15) is 4.79 Å². The summed E-state index contributed by atoms with van der Waals surface area (Å²) in [5, 5.41) is 0. The molecule has 2 unspecified atom stereocenters. The highest BCUT2D eigenvalue weighted by molar-refractivity contribution is 5.68. The van der Waals surface area contributed by atoms with E-state index < -0.39 is 5.60 Å². The third kappa shape index (κ3) is 5.09. The van der Waals surface area contributed by atoms with Crippen molar-refractivity contribution < 1.29 is 14.3 Å². The van der Waals surface area contributed by atoms with E-state index in [4.69, 9.17) is 15.2 Å². The number of rotatable bonds is 2. The Morgan fingerprint density at radius 3 is 2.84 bits per heavy atom. The fraction of sp³-hybridized carbons (Fsp3) is 0.786. The Labute approximate surface area is 115 Å². The maximum Gasteiger partial charge on any atom is 0.410 e. The first kappa shape index (κ1) is 15.8. The van der Waals surface area contributed by atoms with Gasteiger partial charge < -0.3 is 15.2 Å². The van der Waals surface area contributed by atoms with Crippen molar-refractivity contribution in [1.29, 1.82) is 0 Å². The second-order valence-corrected chi connectivity index (χ2v) is 5.61. The molecule has 1 amide bonds. The monoisotopic (exact) mass is 268 g/mol. The van der Waals surface area contributed by atoms with Crippen LogP contribution in [-0.4, -0.2) is 48.4 Å². The predicted molar refractivity (Wildman–Crippen MR) is 73.6 cm³/mol. The van der Waals surface area contributed by atoms with Crippen molar-refractivity contribution in [2.24, 2.45) is 5.73 Å². The van der Waals surface area contributed by atoms with Crippen LogP contribution >= 0.6 is 0 Å². The van der Waals surface area contributed by atoms with Gasteiger partial charge in [-0.3, -0.25) is 4.90 Å². The van der Waals surface area contributed by atoms with Gasteiger partial charge in [0.1, 0.15) is 5.60 Å². The van der Waals surface area contributed by atoms with E-state index >= 15 is 0 Å². The quantitative estimate of drug-likeness (QED) is 0.768. The Morgan fingerprint density at radius 1 is 1.58 bits per heavy atom. The molecular formula is C14H24N2O3. The molecule has 1 aliphatic heterocycles. The number of hydrogen-bond donors (Lipinski definition) is 1. The van der Waals surface area contributed by atoms with Crippen LogP contribution in [0.5, 0.6) is 0 Å². The Hall–Kier alpha value is -1.25. The topological polar surface area (TPSA) is 64.8 Å². The van der Waals surface area contributed by atoms with Crippen LogP contribution in [0.4, 0.5) is 4.79 Å². The van der Waals surface area contributed by atoms with Crippen LogP contribution in [0, 0.1) is 11.8 Å². The number of nitrogens with zero attached hydrogens (tertiary/aromatic N) is 1. The van der Waals surface area contributed by atoms with E-state index in [2.05, 4.69) is 11.8 Å². The lowest BCUT2D eigenvalue weighted by Crippen LogP contribution is -2.57. The molecule has 0 saturated carbocycles. The number of carbonyl (C=O) groups excluding carboxylic acids is 1. The first-order valence-electron chi connectivity index (χ1n) is 6.57. The van der Waals surface area contributed by atoms with Crippen LogP contribution in [0.15, 0.2) is 0 Å². The highest BCUT2D eigenvalue weighted by Gasteiger charge is 2.34. The Bertz CT molecular complexity index is 365. The summed E-state index contributed by atoms with van der Waals surface area (Å²) in [6, 6.07) is -0.398. The normalized spacial score (nSPS) is 21.3. The lowest BCUT2D eigenvalue weighted by molar-refractivity contribution is -0.0375. The molecule has 2 atom stereocenters. The molecular weight excluding hydrogens is 244 g/mol. The van der Waals surface area contributed by atoms with Crippen molar-refractivity contribution in [3.63, 3.8) is 0 Å². The molecule has 1 saturated heterocycles. The van der Waals surface area contributed by atoms with Crippen molar-refractivity contribution in [2.45, 2.75) is 51.8 Å². The third-order valence-corrected chi connectivity index (χ3v) is 2.80. The molecule has 1 aliphatic rings. The molecule has 0 bridgehead atoms. The molecule has 1 rings (SSSR count). The second kappa shape index (κ2) is 6.78. The molecule has 0 aromatic heterocycles. The second-order valence-electron chi connectivity index (χ2n) is 5.61. The van der Waals surface area contributed by atoms with Crippen molar-refractivity contribution in [2.75, 3.05) is 19.8 Å².